The monoisotopic (exact) mass is 506 g/mol. The van der Waals surface area contributed by atoms with E-state index in [1.54, 1.807) is 23.1 Å². The molecular formula is C22H24BrClN4O3. The highest BCUT2D eigenvalue weighted by Gasteiger charge is 2.26. The van der Waals surface area contributed by atoms with Gasteiger partial charge in [-0.3, -0.25) is 14.9 Å². The SMILES string of the molecule is O=C(c1cc(Br)ccc1Cl)N1CCN(c2ccc([N+](=O)[O-])c(N3CCCCC3)c2)CC1. The maximum absolute atomic E-state index is 12.9. The Hall–Kier alpha value is -2.32. The van der Waals surface area contributed by atoms with Crippen LogP contribution in [0.1, 0.15) is 29.6 Å². The number of amides is 1. The van der Waals surface area contributed by atoms with Crippen LogP contribution in [0.5, 0.6) is 0 Å². The van der Waals surface area contributed by atoms with Crippen LogP contribution in [0.3, 0.4) is 0 Å². The van der Waals surface area contributed by atoms with E-state index in [0.717, 1.165) is 36.1 Å². The van der Waals surface area contributed by atoms with Crippen molar-refractivity contribution in [2.75, 3.05) is 49.1 Å². The third-order valence-electron chi connectivity index (χ3n) is 5.94. The number of nitrogens with zero attached hydrogens (tertiary/aromatic N) is 4. The lowest BCUT2D eigenvalue weighted by Crippen LogP contribution is -2.49. The molecule has 2 aliphatic rings. The van der Waals surface area contributed by atoms with Gasteiger partial charge < -0.3 is 14.7 Å². The molecule has 0 aliphatic carbocycles. The fourth-order valence-electron chi connectivity index (χ4n) is 4.25. The number of nitro groups is 1. The highest BCUT2D eigenvalue weighted by atomic mass is 79.9. The molecule has 0 N–H and O–H groups in total. The molecule has 0 bridgehead atoms. The number of benzene rings is 2. The average molecular weight is 508 g/mol. The summed E-state index contributed by atoms with van der Waals surface area (Å²) in [4.78, 5) is 30.3. The van der Waals surface area contributed by atoms with Gasteiger partial charge in [0.1, 0.15) is 5.69 Å². The number of hydrogen-bond donors (Lipinski definition) is 0. The number of hydrogen-bond acceptors (Lipinski definition) is 5. The fourth-order valence-corrected chi connectivity index (χ4v) is 4.81. The van der Waals surface area contributed by atoms with E-state index in [-0.39, 0.29) is 16.5 Å². The van der Waals surface area contributed by atoms with Crippen LogP contribution in [0, 0.1) is 10.1 Å². The summed E-state index contributed by atoms with van der Waals surface area (Å²) >= 11 is 9.62. The molecule has 7 nitrogen and oxygen atoms in total. The number of nitro benzene ring substituents is 1. The molecule has 2 aromatic rings. The van der Waals surface area contributed by atoms with E-state index in [1.165, 1.54) is 6.42 Å². The Morgan fingerprint density at radius 1 is 0.935 bits per heavy atom. The van der Waals surface area contributed by atoms with Crippen molar-refractivity contribution in [3.63, 3.8) is 0 Å². The number of piperidine rings is 1. The minimum absolute atomic E-state index is 0.0799. The Kier molecular flexibility index (Phi) is 6.67. The molecule has 0 atom stereocenters. The summed E-state index contributed by atoms with van der Waals surface area (Å²) in [5, 5.41) is 12.0. The molecule has 0 unspecified atom stereocenters. The molecule has 0 saturated carbocycles. The normalized spacial score (nSPS) is 17.0. The molecule has 1 amide bonds. The van der Waals surface area contributed by atoms with Gasteiger partial charge in [0, 0.05) is 55.5 Å². The molecule has 2 aliphatic heterocycles. The van der Waals surface area contributed by atoms with Crippen LogP contribution in [0.25, 0.3) is 0 Å². The molecule has 9 heteroatoms. The summed E-state index contributed by atoms with van der Waals surface area (Å²) in [5.74, 6) is -0.0799. The van der Waals surface area contributed by atoms with E-state index in [4.69, 9.17) is 11.6 Å². The second-order valence-electron chi connectivity index (χ2n) is 7.88. The fraction of sp³-hybridized carbons (Fsp3) is 0.409. The van der Waals surface area contributed by atoms with Gasteiger partial charge >= 0.3 is 0 Å². The van der Waals surface area contributed by atoms with E-state index in [9.17, 15) is 14.9 Å². The predicted octanol–water partition coefficient (Wildman–Crippen LogP) is 4.96. The highest BCUT2D eigenvalue weighted by Crippen LogP contribution is 2.34. The Balaban J connectivity index is 1.49. The molecule has 2 aromatic carbocycles. The first kappa shape index (κ1) is 21.9. The summed E-state index contributed by atoms with van der Waals surface area (Å²) in [6.45, 7) is 4.15. The lowest BCUT2D eigenvalue weighted by molar-refractivity contribution is -0.384. The van der Waals surface area contributed by atoms with Gasteiger partial charge in [-0.15, -0.1) is 0 Å². The van der Waals surface area contributed by atoms with Crippen molar-refractivity contribution < 1.29 is 9.72 Å². The summed E-state index contributed by atoms with van der Waals surface area (Å²) in [5.41, 5.74) is 2.30. The molecule has 2 fully saturated rings. The lowest BCUT2D eigenvalue weighted by atomic mass is 10.1. The number of halogens is 2. The van der Waals surface area contributed by atoms with Crippen molar-refractivity contribution in [3.05, 3.63) is 61.6 Å². The first-order chi connectivity index (χ1) is 14.9. The number of rotatable bonds is 4. The highest BCUT2D eigenvalue weighted by molar-refractivity contribution is 9.10. The van der Waals surface area contributed by atoms with Crippen molar-refractivity contribution >= 4 is 50.5 Å². The Morgan fingerprint density at radius 3 is 2.32 bits per heavy atom. The second-order valence-corrected chi connectivity index (χ2v) is 9.20. The Morgan fingerprint density at radius 2 is 1.65 bits per heavy atom. The zero-order chi connectivity index (χ0) is 22.0. The molecule has 0 radical (unpaired) electrons. The van der Waals surface area contributed by atoms with Gasteiger partial charge in [0.05, 0.1) is 15.5 Å². The quantitative estimate of drug-likeness (QED) is 0.432. The molecule has 0 spiro atoms. The minimum atomic E-state index is -0.300. The van der Waals surface area contributed by atoms with Gasteiger partial charge in [-0.1, -0.05) is 27.5 Å². The van der Waals surface area contributed by atoms with Gasteiger partial charge in [0.15, 0.2) is 0 Å². The van der Waals surface area contributed by atoms with Crippen molar-refractivity contribution in [1.82, 2.24) is 4.90 Å². The van der Waals surface area contributed by atoms with Gasteiger partial charge in [0.2, 0.25) is 0 Å². The first-order valence-electron chi connectivity index (χ1n) is 10.5. The van der Waals surface area contributed by atoms with E-state index in [1.807, 2.05) is 18.2 Å². The van der Waals surface area contributed by atoms with Crippen molar-refractivity contribution in [3.8, 4) is 0 Å². The van der Waals surface area contributed by atoms with Crippen molar-refractivity contribution in [2.24, 2.45) is 0 Å². The average Bonchev–Trinajstić information content (AvgIpc) is 2.80. The summed E-state index contributed by atoms with van der Waals surface area (Å²) in [6, 6.07) is 10.6. The molecule has 0 aromatic heterocycles. The van der Waals surface area contributed by atoms with Gasteiger partial charge in [0.25, 0.3) is 11.6 Å². The largest absolute Gasteiger partial charge is 0.368 e. The number of piperazine rings is 1. The predicted molar refractivity (Wildman–Crippen MR) is 126 cm³/mol. The molecule has 164 valence electrons. The zero-order valence-corrected chi connectivity index (χ0v) is 19.4. The lowest BCUT2D eigenvalue weighted by Gasteiger charge is -2.37. The van der Waals surface area contributed by atoms with Crippen LogP contribution >= 0.6 is 27.5 Å². The first-order valence-corrected chi connectivity index (χ1v) is 11.6. The number of anilines is 2. The van der Waals surface area contributed by atoms with E-state index >= 15 is 0 Å². The van der Waals surface area contributed by atoms with Crippen LogP contribution < -0.4 is 9.80 Å². The zero-order valence-electron chi connectivity index (χ0n) is 17.1. The Bertz CT molecular complexity index is 989. The van der Waals surface area contributed by atoms with Crippen molar-refractivity contribution in [2.45, 2.75) is 19.3 Å². The topological polar surface area (TPSA) is 69.9 Å². The summed E-state index contributed by atoms with van der Waals surface area (Å²) < 4.78 is 0.815. The van der Waals surface area contributed by atoms with E-state index < -0.39 is 0 Å². The smallest absolute Gasteiger partial charge is 0.292 e. The molecule has 4 rings (SSSR count). The third-order valence-corrected chi connectivity index (χ3v) is 6.77. The number of carbonyl (C=O) groups is 1. The van der Waals surface area contributed by atoms with Crippen LogP contribution in [-0.4, -0.2) is 55.0 Å². The standard InChI is InChI=1S/C22H24BrClN4O3/c23-16-4-6-19(24)18(14-16)22(29)27-12-10-25(11-13-27)17-5-7-20(28(30)31)21(15-17)26-8-2-1-3-9-26/h4-7,14-15H,1-3,8-13H2. The van der Waals surface area contributed by atoms with Gasteiger partial charge in [-0.2, -0.15) is 0 Å². The van der Waals surface area contributed by atoms with Crippen molar-refractivity contribution in [1.29, 1.82) is 0 Å². The third kappa shape index (κ3) is 4.80. The van der Waals surface area contributed by atoms with Gasteiger partial charge in [-0.05, 0) is 49.6 Å². The Labute approximate surface area is 194 Å². The van der Waals surface area contributed by atoms with E-state index in [0.29, 0.717) is 42.5 Å². The second kappa shape index (κ2) is 9.44. The molecule has 2 saturated heterocycles. The van der Waals surface area contributed by atoms with Crippen LogP contribution in [-0.2, 0) is 0 Å². The maximum Gasteiger partial charge on any atom is 0.292 e. The van der Waals surface area contributed by atoms with Crippen LogP contribution in [0.2, 0.25) is 5.02 Å². The molecule has 31 heavy (non-hydrogen) atoms. The number of carbonyl (C=O) groups excluding carboxylic acids is 1. The minimum Gasteiger partial charge on any atom is -0.368 e. The molecular weight excluding hydrogens is 484 g/mol. The van der Waals surface area contributed by atoms with Crippen LogP contribution in [0.4, 0.5) is 17.1 Å². The summed E-state index contributed by atoms with van der Waals surface area (Å²) in [7, 11) is 0. The summed E-state index contributed by atoms with van der Waals surface area (Å²) in [6.07, 6.45) is 3.28. The van der Waals surface area contributed by atoms with E-state index in [2.05, 4.69) is 25.7 Å². The van der Waals surface area contributed by atoms with Gasteiger partial charge in [-0.25, -0.2) is 0 Å². The van der Waals surface area contributed by atoms with Crippen LogP contribution in [0.15, 0.2) is 40.9 Å². The maximum atomic E-state index is 12.9. The molecule has 2 heterocycles.